The first-order valence-corrected chi connectivity index (χ1v) is 8.40. The topological polar surface area (TPSA) is 46.6 Å². The Morgan fingerprint density at radius 2 is 2.05 bits per heavy atom. The molecule has 2 fully saturated rings. The van der Waals surface area contributed by atoms with E-state index in [0.717, 1.165) is 64.3 Å². The summed E-state index contributed by atoms with van der Waals surface area (Å²) in [6.45, 7) is 5.02. The van der Waals surface area contributed by atoms with Gasteiger partial charge in [-0.25, -0.2) is 4.98 Å². The Labute approximate surface area is 133 Å². The standard InChI is InChI=1S/C17H27N3O2/c1-21-15-11-16(12-15)22-10-2-3-14-4-5-17(19-13-14)20-8-6-18-7-9-20/h4-5,13,15-16,18H,2-3,6-12H2,1H3. The minimum Gasteiger partial charge on any atom is -0.381 e. The van der Waals surface area contributed by atoms with Crippen LogP contribution in [-0.4, -0.2) is 57.1 Å². The zero-order valence-electron chi connectivity index (χ0n) is 13.5. The van der Waals surface area contributed by atoms with Crippen LogP contribution in [-0.2, 0) is 15.9 Å². The smallest absolute Gasteiger partial charge is 0.128 e. The molecule has 0 amide bonds. The van der Waals surface area contributed by atoms with Crippen LogP contribution in [0.5, 0.6) is 0 Å². The van der Waals surface area contributed by atoms with Crippen molar-refractivity contribution >= 4 is 5.82 Å². The lowest BCUT2D eigenvalue weighted by atomic mass is 9.92. The van der Waals surface area contributed by atoms with Gasteiger partial charge in [-0.1, -0.05) is 6.07 Å². The van der Waals surface area contributed by atoms with Crippen LogP contribution in [0, 0.1) is 0 Å². The number of nitrogens with one attached hydrogen (secondary N) is 1. The molecule has 3 rings (SSSR count). The Balaban J connectivity index is 1.34. The van der Waals surface area contributed by atoms with Crippen LogP contribution in [0.3, 0.4) is 0 Å². The van der Waals surface area contributed by atoms with Gasteiger partial charge in [-0.2, -0.15) is 0 Å². The lowest BCUT2D eigenvalue weighted by Crippen LogP contribution is -2.43. The number of rotatable bonds is 7. The second-order valence-corrected chi connectivity index (χ2v) is 6.19. The van der Waals surface area contributed by atoms with Crippen molar-refractivity contribution in [2.24, 2.45) is 0 Å². The highest BCUT2D eigenvalue weighted by Gasteiger charge is 2.29. The van der Waals surface area contributed by atoms with Crippen LogP contribution in [0.1, 0.15) is 24.8 Å². The van der Waals surface area contributed by atoms with Gasteiger partial charge in [0.05, 0.1) is 12.2 Å². The van der Waals surface area contributed by atoms with Crippen molar-refractivity contribution in [3.05, 3.63) is 23.9 Å². The fourth-order valence-electron chi connectivity index (χ4n) is 3.02. The molecular weight excluding hydrogens is 278 g/mol. The van der Waals surface area contributed by atoms with E-state index in [-0.39, 0.29) is 0 Å². The molecule has 22 heavy (non-hydrogen) atoms. The highest BCUT2D eigenvalue weighted by Crippen LogP contribution is 2.25. The van der Waals surface area contributed by atoms with Gasteiger partial charge in [0, 0.05) is 46.1 Å². The summed E-state index contributed by atoms with van der Waals surface area (Å²) in [4.78, 5) is 6.94. The minimum atomic E-state index is 0.415. The highest BCUT2D eigenvalue weighted by atomic mass is 16.5. The van der Waals surface area contributed by atoms with Crippen molar-refractivity contribution < 1.29 is 9.47 Å². The van der Waals surface area contributed by atoms with Crippen LogP contribution in [0.25, 0.3) is 0 Å². The van der Waals surface area contributed by atoms with Crippen LogP contribution >= 0.6 is 0 Å². The lowest BCUT2D eigenvalue weighted by Gasteiger charge is -2.33. The van der Waals surface area contributed by atoms with Crippen molar-refractivity contribution in [3.8, 4) is 0 Å². The summed E-state index contributed by atoms with van der Waals surface area (Å²) < 4.78 is 11.1. The SMILES string of the molecule is COC1CC(OCCCc2ccc(N3CCNCC3)nc2)C1. The number of piperazine rings is 1. The molecule has 0 unspecified atom stereocenters. The van der Waals surface area contributed by atoms with E-state index in [1.165, 1.54) is 5.56 Å². The van der Waals surface area contributed by atoms with Crippen molar-refractivity contribution in [1.82, 2.24) is 10.3 Å². The van der Waals surface area contributed by atoms with Crippen molar-refractivity contribution in [2.45, 2.75) is 37.9 Å². The summed E-state index contributed by atoms with van der Waals surface area (Å²) in [6.07, 6.45) is 7.05. The quantitative estimate of drug-likeness (QED) is 0.776. The molecule has 1 aromatic heterocycles. The largest absolute Gasteiger partial charge is 0.381 e. The normalized spacial score (nSPS) is 25.0. The number of anilines is 1. The summed E-state index contributed by atoms with van der Waals surface area (Å²) in [5.74, 6) is 1.10. The first-order chi connectivity index (χ1) is 10.8. The number of hydrogen-bond donors (Lipinski definition) is 1. The Morgan fingerprint density at radius 3 is 2.73 bits per heavy atom. The van der Waals surface area contributed by atoms with Crippen LogP contribution < -0.4 is 10.2 Å². The summed E-state index contributed by atoms with van der Waals surface area (Å²) in [5, 5.41) is 3.36. The number of ether oxygens (including phenoxy) is 2. The molecule has 0 aromatic carbocycles. The molecule has 1 aromatic rings. The summed E-state index contributed by atoms with van der Waals surface area (Å²) >= 11 is 0. The van der Waals surface area contributed by atoms with Gasteiger partial charge in [0.2, 0.25) is 0 Å². The van der Waals surface area contributed by atoms with Gasteiger partial charge in [0.15, 0.2) is 0 Å². The molecule has 5 heteroatoms. The predicted octanol–water partition coefficient (Wildman–Crippen LogP) is 1.62. The maximum atomic E-state index is 5.84. The maximum absolute atomic E-state index is 5.84. The third-order valence-corrected chi connectivity index (χ3v) is 4.60. The van der Waals surface area contributed by atoms with E-state index in [9.17, 15) is 0 Å². The molecule has 0 atom stereocenters. The molecule has 1 aliphatic heterocycles. The number of methoxy groups -OCH3 is 1. The van der Waals surface area contributed by atoms with E-state index >= 15 is 0 Å². The number of nitrogens with zero attached hydrogens (tertiary/aromatic N) is 2. The van der Waals surface area contributed by atoms with Crippen molar-refractivity contribution in [2.75, 3.05) is 44.8 Å². The van der Waals surface area contributed by atoms with E-state index in [1.54, 1.807) is 7.11 Å². The Kier molecular flexibility index (Phi) is 5.64. The number of hydrogen-bond acceptors (Lipinski definition) is 5. The number of pyridine rings is 1. The molecule has 0 bridgehead atoms. The lowest BCUT2D eigenvalue weighted by molar-refractivity contribution is -0.0869. The Hall–Kier alpha value is -1.17. The highest BCUT2D eigenvalue weighted by molar-refractivity contribution is 5.39. The minimum absolute atomic E-state index is 0.415. The van der Waals surface area contributed by atoms with E-state index in [0.29, 0.717) is 12.2 Å². The van der Waals surface area contributed by atoms with Crippen molar-refractivity contribution in [1.29, 1.82) is 0 Å². The van der Waals surface area contributed by atoms with Crippen LogP contribution in [0.2, 0.25) is 0 Å². The Bertz CT molecular complexity index is 440. The van der Waals surface area contributed by atoms with Gasteiger partial charge >= 0.3 is 0 Å². The van der Waals surface area contributed by atoms with E-state index in [2.05, 4.69) is 27.3 Å². The zero-order valence-corrected chi connectivity index (χ0v) is 13.5. The molecule has 0 spiro atoms. The van der Waals surface area contributed by atoms with E-state index in [4.69, 9.17) is 9.47 Å². The fraction of sp³-hybridized carbons (Fsp3) is 0.706. The third kappa shape index (κ3) is 4.18. The third-order valence-electron chi connectivity index (χ3n) is 4.60. The first-order valence-electron chi connectivity index (χ1n) is 8.40. The van der Waals surface area contributed by atoms with Gasteiger partial charge in [0.25, 0.3) is 0 Å². The fourth-order valence-corrected chi connectivity index (χ4v) is 3.02. The number of aromatic nitrogens is 1. The van der Waals surface area contributed by atoms with Crippen molar-refractivity contribution in [3.63, 3.8) is 0 Å². The van der Waals surface area contributed by atoms with E-state index < -0.39 is 0 Å². The van der Waals surface area contributed by atoms with Gasteiger partial charge in [-0.3, -0.25) is 0 Å². The zero-order chi connectivity index (χ0) is 15.2. The average Bonchev–Trinajstić information content (AvgIpc) is 2.54. The second kappa shape index (κ2) is 7.90. The Morgan fingerprint density at radius 1 is 1.23 bits per heavy atom. The summed E-state index contributed by atoms with van der Waals surface area (Å²) in [6, 6.07) is 4.35. The molecule has 1 aliphatic carbocycles. The molecule has 0 radical (unpaired) electrons. The van der Waals surface area contributed by atoms with Gasteiger partial charge < -0.3 is 19.7 Å². The van der Waals surface area contributed by atoms with Crippen LogP contribution in [0.15, 0.2) is 18.3 Å². The molecule has 122 valence electrons. The summed E-state index contributed by atoms with van der Waals surface area (Å²) in [5.41, 5.74) is 1.30. The molecule has 1 saturated heterocycles. The number of aryl methyl sites for hydroxylation is 1. The van der Waals surface area contributed by atoms with Gasteiger partial charge in [-0.15, -0.1) is 0 Å². The monoisotopic (exact) mass is 305 g/mol. The average molecular weight is 305 g/mol. The summed E-state index contributed by atoms with van der Waals surface area (Å²) in [7, 11) is 1.78. The first kappa shape index (κ1) is 15.7. The predicted molar refractivity (Wildman–Crippen MR) is 87.4 cm³/mol. The van der Waals surface area contributed by atoms with Crippen LogP contribution in [0.4, 0.5) is 5.82 Å². The molecule has 5 nitrogen and oxygen atoms in total. The molecular formula is C17H27N3O2. The molecule has 2 aliphatic rings. The maximum Gasteiger partial charge on any atom is 0.128 e. The van der Waals surface area contributed by atoms with Gasteiger partial charge in [0.1, 0.15) is 5.82 Å². The molecule has 1 N–H and O–H groups in total. The molecule has 1 saturated carbocycles. The molecule has 2 heterocycles. The van der Waals surface area contributed by atoms with Gasteiger partial charge in [-0.05, 0) is 37.3 Å². The van der Waals surface area contributed by atoms with E-state index in [1.807, 2.05) is 6.20 Å². The second-order valence-electron chi connectivity index (χ2n) is 6.19.